The number of aryl methyl sites for hydroxylation is 1. The largest absolute Gasteiger partial charge is 0.477 e. The maximum absolute atomic E-state index is 11.0. The summed E-state index contributed by atoms with van der Waals surface area (Å²) in [7, 11) is 0. The minimum absolute atomic E-state index is 0.0335. The van der Waals surface area contributed by atoms with Gasteiger partial charge in [0.15, 0.2) is 0 Å². The summed E-state index contributed by atoms with van der Waals surface area (Å²) in [5, 5.41) is 19.4. The number of aliphatic hydroxyl groups is 1. The second kappa shape index (κ2) is 8.70. The molecule has 0 amide bonds. The lowest BCUT2D eigenvalue weighted by atomic mass is 9.88. The van der Waals surface area contributed by atoms with Crippen LogP contribution in [0.5, 0.6) is 0 Å². The minimum atomic E-state index is -0.854. The second-order valence-corrected chi connectivity index (χ2v) is 9.18. The SMILES string of the molecule is O=C(O)c1ccc(CCC[C@H]2C(Cl)C[C@@H](O)C2/C=C/C2CCCC2)s1. The molecular formula is C20H27ClO3S. The van der Waals surface area contributed by atoms with Gasteiger partial charge < -0.3 is 10.2 Å². The lowest BCUT2D eigenvalue weighted by molar-refractivity contribution is 0.0702. The van der Waals surface area contributed by atoms with Crippen molar-refractivity contribution in [3.8, 4) is 0 Å². The molecule has 138 valence electrons. The molecule has 2 N–H and O–H groups in total. The van der Waals surface area contributed by atoms with Crippen LogP contribution in [0.2, 0.25) is 0 Å². The molecule has 2 fully saturated rings. The fourth-order valence-electron chi connectivity index (χ4n) is 4.31. The van der Waals surface area contributed by atoms with E-state index >= 15 is 0 Å². The molecule has 2 unspecified atom stereocenters. The smallest absolute Gasteiger partial charge is 0.345 e. The quantitative estimate of drug-likeness (QED) is 0.508. The molecule has 4 atom stereocenters. The highest BCUT2D eigenvalue weighted by Gasteiger charge is 2.39. The predicted octanol–water partition coefficient (Wildman–Crippen LogP) is 5.12. The number of hydrogen-bond acceptors (Lipinski definition) is 3. The predicted molar refractivity (Wildman–Crippen MR) is 103 cm³/mol. The van der Waals surface area contributed by atoms with Gasteiger partial charge in [-0.3, -0.25) is 0 Å². The first-order valence-electron chi connectivity index (χ1n) is 9.37. The van der Waals surface area contributed by atoms with Crippen molar-refractivity contribution < 1.29 is 15.0 Å². The van der Waals surface area contributed by atoms with Crippen LogP contribution in [0.25, 0.3) is 0 Å². The summed E-state index contributed by atoms with van der Waals surface area (Å²) in [4.78, 5) is 12.5. The fourth-order valence-corrected chi connectivity index (χ4v) is 5.67. The number of allylic oxidation sites excluding steroid dienone is 1. The van der Waals surface area contributed by atoms with Crippen LogP contribution in [0.4, 0.5) is 0 Å². The molecule has 25 heavy (non-hydrogen) atoms. The zero-order valence-corrected chi connectivity index (χ0v) is 16.0. The molecule has 2 aliphatic carbocycles. The van der Waals surface area contributed by atoms with Crippen molar-refractivity contribution in [3.05, 3.63) is 34.0 Å². The number of halogens is 1. The van der Waals surface area contributed by atoms with Gasteiger partial charge in [0.25, 0.3) is 0 Å². The molecule has 2 aliphatic rings. The van der Waals surface area contributed by atoms with Gasteiger partial charge in [-0.25, -0.2) is 4.79 Å². The van der Waals surface area contributed by atoms with Crippen LogP contribution in [0, 0.1) is 17.8 Å². The van der Waals surface area contributed by atoms with Crippen LogP contribution < -0.4 is 0 Å². The first-order valence-corrected chi connectivity index (χ1v) is 10.6. The van der Waals surface area contributed by atoms with Crippen LogP contribution >= 0.6 is 22.9 Å². The summed E-state index contributed by atoms with van der Waals surface area (Å²) in [6.45, 7) is 0. The van der Waals surface area contributed by atoms with Gasteiger partial charge in [-0.05, 0) is 62.5 Å². The Hall–Kier alpha value is -0.840. The number of carboxylic acids is 1. The summed E-state index contributed by atoms with van der Waals surface area (Å²) in [6.07, 6.45) is 12.9. The highest BCUT2D eigenvalue weighted by molar-refractivity contribution is 7.13. The molecule has 1 heterocycles. The van der Waals surface area contributed by atoms with E-state index in [2.05, 4.69) is 12.2 Å². The average Bonchev–Trinajstić information content (AvgIpc) is 3.28. The second-order valence-electron chi connectivity index (χ2n) is 7.45. The molecule has 0 aliphatic heterocycles. The van der Waals surface area contributed by atoms with Crippen LogP contribution in [-0.4, -0.2) is 27.7 Å². The van der Waals surface area contributed by atoms with E-state index in [0.717, 1.165) is 24.1 Å². The molecular weight excluding hydrogens is 356 g/mol. The van der Waals surface area contributed by atoms with E-state index in [1.54, 1.807) is 6.07 Å². The lowest BCUT2D eigenvalue weighted by Crippen LogP contribution is -2.19. The number of alkyl halides is 1. The molecule has 3 rings (SSSR count). The Morgan fingerprint density at radius 1 is 1.28 bits per heavy atom. The van der Waals surface area contributed by atoms with Gasteiger partial charge in [-0.15, -0.1) is 22.9 Å². The van der Waals surface area contributed by atoms with Crippen molar-refractivity contribution >= 4 is 28.9 Å². The van der Waals surface area contributed by atoms with Crippen LogP contribution in [0.15, 0.2) is 24.3 Å². The Bertz CT molecular complexity index is 606. The van der Waals surface area contributed by atoms with E-state index < -0.39 is 5.97 Å². The summed E-state index contributed by atoms with van der Waals surface area (Å²) >= 11 is 7.88. The van der Waals surface area contributed by atoms with Gasteiger partial charge >= 0.3 is 5.97 Å². The number of carbonyl (C=O) groups is 1. The number of aliphatic hydroxyl groups excluding tert-OH is 1. The van der Waals surface area contributed by atoms with Crippen LogP contribution in [0.3, 0.4) is 0 Å². The lowest BCUT2D eigenvalue weighted by Gasteiger charge is -2.21. The van der Waals surface area contributed by atoms with Gasteiger partial charge in [0.2, 0.25) is 0 Å². The van der Waals surface area contributed by atoms with E-state index in [-0.39, 0.29) is 17.4 Å². The van der Waals surface area contributed by atoms with Gasteiger partial charge in [0, 0.05) is 16.2 Å². The minimum Gasteiger partial charge on any atom is -0.477 e. The number of thiophene rings is 1. The molecule has 0 spiro atoms. The summed E-state index contributed by atoms with van der Waals surface area (Å²) < 4.78 is 0. The third kappa shape index (κ3) is 4.87. The molecule has 1 aromatic heterocycles. The first-order chi connectivity index (χ1) is 12.0. The zero-order chi connectivity index (χ0) is 17.8. The van der Waals surface area contributed by atoms with Crippen molar-refractivity contribution in [3.63, 3.8) is 0 Å². The van der Waals surface area contributed by atoms with Crippen molar-refractivity contribution in [1.82, 2.24) is 0 Å². The monoisotopic (exact) mass is 382 g/mol. The number of aromatic carboxylic acids is 1. The van der Waals surface area contributed by atoms with E-state index in [1.165, 1.54) is 37.0 Å². The van der Waals surface area contributed by atoms with Gasteiger partial charge in [-0.2, -0.15) is 0 Å². The molecule has 0 aromatic carbocycles. The van der Waals surface area contributed by atoms with E-state index in [9.17, 15) is 9.90 Å². The third-order valence-corrected chi connectivity index (χ3v) is 7.34. The van der Waals surface area contributed by atoms with E-state index in [1.807, 2.05) is 6.07 Å². The highest BCUT2D eigenvalue weighted by Crippen LogP contribution is 2.41. The van der Waals surface area contributed by atoms with Gasteiger partial charge in [0.1, 0.15) is 4.88 Å². The van der Waals surface area contributed by atoms with E-state index in [0.29, 0.717) is 23.1 Å². The van der Waals surface area contributed by atoms with E-state index in [4.69, 9.17) is 16.7 Å². The third-order valence-electron chi connectivity index (χ3n) is 5.71. The molecule has 2 saturated carbocycles. The summed E-state index contributed by atoms with van der Waals surface area (Å²) in [5.41, 5.74) is 0. The van der Waals surface area contributed by atoms with Crippen molar-refractivity contribution in [2.24, 2.45) is 17.8 Å². The maximum atomic E-state index is 11.0. The average molecular weight is 383 g/mol. The van der Waals surface area contributed by atoms with Gasteiger partial charge in [0.05, 0.1) is 6.10 Å². The van der Waals surface area contributed by atoms with Crippen molar-refractivity contribution in [2.75, 3.05) is 0 Å². The standard InChI is InChI=1S/C20H27ClO3S/c21-17-12-18(22)16(10-8-13-4-1-2-5-13)15(17)7-3-6-14-9-11-19(25-14)20(23)24/h8-11,13,15-18,22H,1-7,12H2,(H,23,24)/b10-8+/t15-,16?,17?,18-/m1/s1. The highest BCUT2D eigenvalue weighted by atomic mass is 35.5. The Balaban J connectivity index is 1.53. The fraction of sp³-hybridized carbons (Fsp3) is 0.650. The molecule has 5 heteroatoms. The molecule has 1 aromatic rings. The molecule has 0 radical (unpaired) electrons. The number of hydrogen-bond donors (Lipinski definition) is 2. The Kier molecular flexibility index (Phi) is 6.59. The summed E-state index contributed by atoms with van der Waals surface area (Å²) in [5.74, 6) is 0.310. The zero-order valence-electron chi connectivity index (χ0n) is 14.4. The summed E-state index contributed by atoms with van der Waals surface area (Å²) in [6, 6.07) is 3.59. The van der Waals surface area contributed by atoms with Gasteiger partial charge in [-0.1, -0.05) is 25.0 Å². The molecule has 3 nitrogen and oxygen atoms in total. The molecule has 0 saturated heterocycles. The van der Waals surface area contributed by atoms with Crippen molar-refractivity contribution in [2.45, 2.75) is 62.8 Å². The number of carboxylic acid groups (broad SMARTS) is 1. The number of rotatable bonds is 7. The Morgan fingerprint density at radius 2 is 2.04 bits per heavy atom. The first kappa shape index (κ1) is 18.9. The normalized spacial score (nSPS) is 30.5. The van der Waals surface area contributed by atoms with Crippen LogP contribution in [-0.2, 0) is 6.42 Å². The maximum Gasteiger partial charge on any atom is 0.345 e. The van der Waals surface area contributed by atoms with Crippen molar-refractivity contribution in [1.29, 1.82) is 0 Å². The Labute approximate surface area is 158 Å². The topological polar surface area (TPSA) is 57.5 Å². The Morgan fingerprint density at radius 3 is 2.72 bits per heavy atom. The molecule has 0 bridgehead atoms. The van der Waals surface area contributed by atoms with Crippen LogP contribution in [0.1, 0.15) is 59.5 Å².